The minimum absolute atomic E-state index is 0.106. The number of hydrogen-bond acceptors (Lipinski definition) is 4. The topological polar surface area (TPSA) is 83.5 Å². The molecule has 1 atom stereocenters. The Kier molecular flexibility index (Phi) is 3.45. The van der Waals surface area contributed by atoms with E-state index in [-0.39, 0.29) is 12.4 Å². The molecule has 2 aliphatic rings. The number of aliphatic hydroxyl groups excluding tert-OH is 1. The molecule has 0 aromatic carbocycles. The molecular formula is C11H19NO4S. The van der Waals surface area contributed by atoms with E-state index in [9.17, 15) is 18.3 Å². The van der Waals surface area contributed by atoms with Gasteiger partial charge in [0.15, 0.2) is 9.84 Å². The monoisotopic (exact) mass is 261 g/mol. The molecule has 0 radical (unpaired) electrons. The molecule has 1 aliphatic carbocycles. The Morgan fingerprint density at radius 3 is 2.47 bits per heavy atom. The quantitative estimate of drug-likeness (QED) is 0.748. The molecule has 2 fully saturated rings. The highest BCUT2D eigenvalue weighted by Gasteiger charge is 2.42. The maximum absolute atomic E-state index is 12.0. The fourth-order valence-corrected chi connectivity index (χ4v) is 4.32. The highest BCUT2D eigenvalue weighted by Crippen LogP contribution is 2.32. The summed E-state index contributed by atoms with van der Waals surface area (Å²) >= 11 is 0. The summed E-state index contributed by atoms with van der Waals surface area (Å²) in [5.41, 5.74) is -0.552. The molecule has 2 N–H and O–H groups in total. The van der Waals surface area contributed by atoms with Crippen molar-refractivity contribution in [3.63, 3.8) is 0 Å². The summed E-state index contributed by atoms with van der Waals surface area (Å²) in [5, 5.41) is 11.1. The molecule has 0 aromatic heterocycles. The molecule has 1 amide bonds. The predicted molar refractivity (Wildman–Crippen MR) is 63.2 cm³/mol. The predicted octanol–water partition coefficient (Wildman–Crippen LogP) is -0.0151. The van der Waals surface area contributed by atoms with Gasteiger partial charge in [-0.3, -0.25) is 4.79 Å². The first-order chi connectivity index (χ1) is 7.99. The Hall–Kier alpha value is -0.620. The van der Waals surface area contributed by atoms with E-state index < -0.39 is 26.5 Å². The first-order valence-electron chi connectivity index (χ1n) is 6.14. The maximum Gasteiger partial charge on any atom is 0.238 e. The molecule has 1 aliphatic heterocycles. The summed E-state index contributed by atoms with van der Waals surface area (Å²) in [4.78, 5) is 12.0. The largest absolute Gasteiger partial charge is 0.394 e. The smallest absolute Gasteiger partial charge is 0.238 e. The van der Waals surface area contributed by atoms with E-state index in [0.717, 1.165) is 25.7 Å². The number of sulfone groups is 1. The van der Waals surface area contributed by atoms with Crippen molar-refractivity contribution >= 4 is 15.7 Å². The van der Waals surface area contributed by atoms with Crippen LogP contribution in [-0.2, 0) is 14.6 Å². The van der Waals surface area contributed by atoms with Crippen molar-refractivity contribution in [3.05, 3.63) is 0 Å². The Bertz CT molecular complexity index is 394. The standard InChI is InChI=1S/C11H19NO4S/c13-8-11(5-3-6-11)12-10(14)9-4-1-2-7-17(9,15)16/h9,13H,1-8H2,(H,12,14). The molecule has 0 spiro atoms. The van der Waals surface area contributed by atoms with Crippen LogP contribution in [0.4, 0.5) is 0 Å². The number of hydrogen-bond donors (Lipinski definition) is 2. The summed E-state index contributed by atoms with van der Waals surface area (Å²) in [5.74, 6) is -0.310. The van der Waals surface area contributed by atoms with E-state index >= 15 is 0 Å². The van der Waals surface area contributed by atoms with Crippen molar-refractivity contribution in [3.8, 4) is 0 Å². The molecule has 5 nitrogen and oxygen atoms in total. The van der Waals surface area contributed by atoms with Gasteiger partial charge in [0.1, 0.15) is 5.25 Å². The van der Waals surface area contributed by atoms with Gasteiger partial charge in [0.05, 0.1) is 17.9 Å². The molecule has 6 heteroatoms. The summed E-state index contributed by atoms with van der Waals surface area (Å²) in [6, 6.07) is 0. The number of carbonyl (C=O) groups is 1. The van der Waals surface area contributed by atoms with Crippen molar-refractivity contribution in [2.45, 2.75) is 49.3 Å². The van der Waals surface area contributed by atoms with Crippen molar-refractivity contribution in [1.82, 2.24) is 5.32 Å². The lowest BCUT2D eigenvalue weighted by Gasteiger charge is -2.41. The normalized spacial score (nSPS) is 30.3. The lowest BCUT2D eigenvalue weighted by Crippen LogP contribution is -2.59. The lowest BCUT2D eigenvalue weighted by molar-refractivity contribution is -0.124. The van der Waals surface area contributed by atoms with Crippen LogP contribution in [0.25, 0.3) is 0 Å². The molecule has 17 heavy (non-hydrogen) atoms. The van der Waals surface area contributed by atoms with E-state index in [1.54, 1.807) is 0 Å². The SMILES string of the molecule is O=C(NC1(CO)CCC1)C1CCCCS1(=O)=O. The fraction of sp³-hybridized carbons (Fsp3) is 0.909. The second-order valence-corrected chi connectivity index (χ2v) is 7.44. The zero-order chi connectivity index (χ0) is 12.5. The Labute approximate surface area is 102 Å². The van der Waals surface area contributed by atoms with Crippen LogP contribution in [0.2, 0.25) is 0 Å². The molecule has 1 saturated heterocycles. The summed E-state index contributed by atoms with van der Waals surface area (Å²) in [7, 11) is -3.28. The molecule has 1 unspecified atom stereocenters. The highest BCUT2D eigenvalue weighted by atomic mass is 32.2. The second-order valence-electron chi connectivity index (χ2n) is 5.13. The van der Waals surface area contributed by atoms with E-state index in [1.165, 1.54) is 0 Å². The zero-order valence-corrected chi connectivity index (χ0v) is 10.6. The van der Waals surface area contributed by atoms with Gasteiger partial charge >= 0.3 is 0 Å². The second kappa shape index (κ2) is 4.57. The van der Waals surface area contributed by atoms with Crippen LogP contribution < -0.4 is 5.32 Å². The van der Waals surface area contributed by atoms with Crippen molar-refractivity contribution < 1.29 is 18.3 Å². The van der Waals surface area contributed by atoms with Crippen LogP contribution in [0, 0.1) is 0 Å². The van der Waals surface area contributed by atoms with Gasteiger partial charge in [-0.15, -0.1) is 0 Å². The first-order valence-corrected chi connectivity index (χ1v) is 7.85. The zero-order valence-electron chi connectivity index (χ0n) is 9.81. The van der Waals surface area contributed by atoms with Gasteiger partial charge in [0.25, 0.3) is 0 Å². The minimum atomic E-state index is -3.28. The van der Waals surface area contributed by atoms with E-state index in [4.69, 9.17) is 0 Å². The van der Waals surface area contributed by atoms with Crippen LogP contribution in [0.15, 0.2) is 0 Å². The fourth-order valence-electron chi connectivity index (χ4n) is 2.52. The highest BCUT2D eigenvalue weighted by molar-refractivity contribution is 7.92. The van der Waals surface area contributed by atoms with Crippen LogP contribution in [0.1, 0.15) is 38.5 Å². The molecule has 0 aromatic rings. The third-order valence-electron chi connectivity index (χ3n) is 3.87. The third kappa shape index (κ3) is 2.47. The number of amides is 1. The molecule has 1 heterocycles. The van der Waals surface area contributed by atoms with Gasteiger partial charge < -0.3 is 10.4 Å². The Morgan fingerprint density at radius 2 is 2.00 bits per heavy atom. The van der Waals surface area contributed by atoms with Gasteiger partial charge in [0, 0.05) is 0 Å². The maximum atomic E-state index is 12.0. The van der Waals surface area contributed by atoms with Gasteiger partial charge in [-0.2, -0.15) is 0 Å². The molecule has 0 bridgehead atoms. The average Bonchev–Trinajstić information content (AvgIpc) is 2.22. The number of nitrogens with one attached hydrogen (secondary N) is 1. The van der Waals surface area contributed by atoms with Crippen LogP contribution in [0.3, 0.4) is 0 Å². The molecular weight excluding hydrogens is 242 g/mol. The van der Waals surface area contributed by atoms with Gasteiger partial charge in [-0.1, -0.05) is 6.42 Å². The van der Waals surface area contributed by atoms with Gasteiger partial charge in [-0.25, -0.2) is 8.42 Å². The molecule has 98 valence electrons. The molecule has 1 saturated carbocycles. The van der Waals surface area contributed by atoms with E-state index in [1.807, 2.05) is 0 Å². The van der Waals surface area contributed by atoms with Crippen LogP contribution in [0.5, 0.6) is 0 Å². The van der Waals surface area contributed by atoms with E-state index in [2.05, 4.69) is 5.32 Å². The Balaban J connectivity index is 2.04. The van der Waals surface area contributed by atoms with Crippen LogP contribution >= 0.6 is 0 Å². The van der Waals surface area contributed by atoms with Crippen molar-refractivity contribution in [2.75, 3.05) is 12.4 Å². The first kappa shape index (κ1) is 12.8. The number of aliphatic hydroxyl groups is 1. The van der Waals surface area contributed by atoms with E-state index in [0.29, 0.717) is 12.8 Å². The number of carbonyl (C=O) groups excluding carboxylic acids is 1. The summed E-state index contributed by atoms with van der Waals surface area (Å²) < 4.78 is 23.6. The minimum Gasteiger partial charge on any atom is -0.394 e. The van der Waals surface area contributed by atoms with Crippen molar-refractivity contribution in [2.24, 2.45) is 0 Å². The lowest BCUT2D eigenvalue weighted by atomic mass is 9.77. The van der Waals surface area contributed by atoms with Gasteiger partial charge in [0.2, 0.25) is 5.91 Å². The number of rotatable bonds is 3. The summed E-state index contributed by atoms with van der Waals surface area (Å²) in [6.45, 7) is -0.106. The third-order valence-corrected chi connectivity index (χ3v) is 6.05. The summed E-state index contributed by atoms with van der Waals surface area (Å²) in [6.07, 6.45) is 4.29. The average molecular weight is 261 g/mol. The van der Waals surface area contributed by atoms with Crippen LogP contribution in [-0.4, -0.2) is 42.6 Å². The molecule has 2 rings (SSSR count). The van der Waals surface area contributed by atoms with Crippen molar-refractivity contribution in [1.29, 1.82) is 0 Å². The van der Waals surface area contributed by atoms with Gasteiger partial charge in [-0.05, 0) is 32.1 Å². The Morgan fingerprint density at radius 1 is 1.29 bits per heavy atom.